The Labute approximate surface area is 134 Å². The summed E-state index contributed by atoms with van der Waals surface area (Å²) in [5.74, 6) is 0.347. The third-order valence-electron chi connectivity index (χ3n) is 4.12. The van der Waals surface area contributed by atoms with Gasteiger partial charge in [0.25, 0.3) is 0 Å². The van der Waals surface area contributed by atoms with Gasteiger partial charge in [-0.3, -0.25) is 9.59 Å². The van der Waals surface area contributed by atoms with Crippen molar-refractivity contribution in [3.8, 4) is 0 Å². The van der Waals surface area contributed by atoms with Crippen molar-refractivity contribution < 1.29 is 19.1 Å². The first kappa shape index (κ1) is 18.9. The second kappa shape index (κ2) is 10.5. The van der Waals surface area contributed by atoms with Gasteiger partial charge in [-0.1, -0.05) is 25.3 Å². The number of hydrogen-bond donors (Lipinski definition) is 0. The highest BCUT2D eigenvalue weighted by Crippen LogP contribution is 2.28. The molecule has 0 radical (unpaired) electrons. The van der Waals surface area contributed by atoms with Crippen LogP contribution in [-0.2, 0) is 19.1 Å². The minimum absolute atomic E-state index is 0.132. The van der Waals surface area contributed by atoms with Crippen molar-refractivity contribution in [3.05, 3.63) is 11.6 Å². The lowest BCUT2D eigenvalue weighted by Crippen LogP contribution is -2.18. The zero-order valence-electron chi connectivity index (χ0n) is 14.2. The Morgan fingerprint density at radius 1 is 1.27 bits per heavy atom. The Morgan fingerprint density at radius 2 is 1.95 bits per heavy atom. The molecule has 2 atom stereocenters. The van der Waals surface area contributed by atoms with E-state index in [2.05, 4.69) is 6.08 Å². The summed E-state index contributed by atoms with van der Waals surface area (Å²) in [7, 11) is 0. The van der Waals surface area contributed by atoms with Gasteiger partial charge < -0.3 is 9.47 Å². The molecule has 22 heavy (non-hydrogen) atoms. The fourth-order valence-corrected chi connectivity index (χ4v) is 2.83. The number of carbonyl (C=O) groups is 2. The van der Waals surface area contributed by atoms with Crippen LogP contribution in [0.3, 0.4) is 0 Å². The standard InChI is InChI=1S/C18H30O4/c1-4-21-14(2)17-12-16(18(20)13-17)10-8-6-5-7-9-11-22-15(3)19/h12,14,17H,4-11,13H2,1-3H3/t14?,17-/m0/s1. The normalized spacial score (nSPS) is 19.1. The molecule has 0 aliphatic heterocycles. The molecule has 0 saturated heterocycles. The average Bonchev–Trinajstić information content (AvgIpc) is 2.83. The molecule has 0 amide bonds. The van der Waals surface area contributed by atoms with E-state index < -0.39 is 0 Å². The molecular weight excluding hydrogens is 280 g/mol. The minimum Gasteiger partial charge on any atom is -0.466 e. The lowest BCUT2D eigenvalue weighted by atomic mass is 10.0. The van der Waals surface area contributed by atoms with Gasteiger partial charge in [0.2, 0.25) is 0 Å². The Balaban J connectivity index is 2.12. The summed E-state index contributed by atoms with van der Waals surface area (Å²) >= 11 is 0. The first-order chi connectivity index (χ1) is 10.5. The van der Waals surface area contributed by atoms with E-state index >= 15 is 0 Å². The molecule has 0 saturated carbocycles. The van der Waals surface area contributed by atoms with Crippen molar-refractivity contribution in [2.45, 2.75) is 71.8 Å². The van der Waals surface area contributed by atoms with Crippen LogP contribution in [0.15, 0.2) is 11.6 Å². The van der Waals surface area contributed by atoms with E-state index in [-0.39, 0.29) is 18.0 Å². The summed E-state index contributed by atoms with van der Waals surface area (Å²) < 4.78 is 10.5. The quantitative estimate of drug-likeness (QED) is 0.430. The smallest absolute Gasteiger partial charge is 0.302 e. The molecular formula is C18H30O4. The summed E-state index contributed by atoms with van der Waals surface area (Å²) in [5.41, 5.74) is 0.997. The lowest BCUT2D eigenvalue weighted by Gasteiger charge is -2.16. The van der Waals surface area contributed by atoms with E-state index in [9.17, 15) is 9.59 Å². The van der Waals surface area contributed by atoms with Gasteiger partial charge in [0.05, 0.1) is 12.7 Å². The summed E-state index contributed by atoms with van der Waals surface area (Å²) in [6, 6.07) is 0. The largest absolute Gasteiger partial charge is 0.466 e. The summed E-state index contributed by atoms with van der Waals surface area (Å²) in [6.45, 7) is 6.69. The number of hydrogen-bond acceptors (Lipinski definition) is 4. The number of carbonyl (C=O) groups excluding carboxylic acids is 2. The molecule has 126 valence electrons. The Bertz CT molecular complexity index is 387. The van der Waals surface area contributed by atoms with Gasteiger partial charge in [0.1, 0.15) is 0 Å². The molecule has 1 aliphatic rings. The Kier molecular flexibility index (Phi) is 9.05. The molecule has 0 fully saturated rings. The first-order valence-corrected chi connectivity index (χ1v) is 8.53. The second-order valence-corrected chi connectivity index (χ2v) is 6.00. The van der Waals surface area contributed by atoms with Gasteiger partial charge in [0, 0.05) is 25.9 Å². The van der Waals surface area contributed by atoms with Gasteiger partial charge >= 0.3 is 5.97 Å². The minimum atomic E-state index is -0.206. The van der Waals surface area contributed by atoms with E-state index in [0.29, 0.717) is 25.4 Å². The van der Waals surface area contributed by atoms with Crippen LogP contribution in [0.4, 0.5) is 0 Å². The number of ether oxygens (including phenoxy) is 2. The maximum atomic E-state index is 12.0. The van der Waals surface area contributed by atoms with Gasteiger partial charge in [-0.15, -0.1) is 0 Å². The molecule has 0 aromatic rings. The molecule has 0 aromatic heterocycles. The predicted molar refractivity (Wildman–Crippen MR) is 86.6 cm³/mol. The molecule has 4 heteroatoms. The van der Waals surface area contributed by atoms with Crippen LogP contribution in [-0.4, -0.2) is 31.1 Å². The van der Waals surface area contributed by atoms with Crippen LogP contribution < -0.4 is 0 Å². The zero-order chi connectivity index (χ0) is 16.4. The molecule has 0 N–H and O–H groups in total. The van der Waals surface area contributed by atoms with E-state index in [0.717, 1.165) is 44.1 Å². The fourth-order valence-electron chi connectivity index (χ4n) is 2.83. The van der Waals surface area contributed by atoms with Gasteiger partial charge in [-0.25, -0.2) is 0 Å². The van der Waals surface area contributed by atoms with Gasteiger partial charge in [-0.2, -0.15) is 0 Å². The fraction of sp³-hybridized carbons (Fsp3) is 0.778. The number of unbranched alkanes of at least 4 members (excludes halogenated alkanes) is 4. The van der Waals surface area contributed by atoms with E-state index in [1.54, 1.807) is 0 Å². The van der Waals surface area contributed by atoms with Crippen LogP contribution in [0.25, 0.3) is 0 Å². The van der Waals surface area contributed by atoms with Crippen LogP contribution in [0, 0.1) is 5.92 Å². The molecule has 1 rings (SSSR count). The maximum Gasteiger partial charge on any atom is 0.302 e. The van der Waals surface area contributed by atoms with Crippen molar-refractivity contribution in [1.29, 1.82) is 0 Å². The van der Waals surface area contributed by atoms with Crippen LogP contribution in [0.2, 0.25) is 0 Å². The number of esters is 1. The van der Waals surface area contributed by atoms with E-state index in [1.807, 2.05) is 13.8 Å². The molecule has 0 heterocycles. The SMILES string of the molecule is CCOC(C)[C@H]1C=C(CCCCCCCOC(C)=O)C(=O)C1. The number of Topliss-reactive ketones (excluding diaryl/α,β-unsaturated/α-hetero) is 1. The molecule has 1 aliphatic carbocycles. The molecule has 1 unspecified atom stereocenters. The molecule has 0 spiro atoms. The predicted octanol–water partition coefficient (Wildman–Crippen LogP) is 3.83. The third kappa shape index (κ3) is 7.21. The summed E-state index contributed by atoms with van der Waals surface area (Å²) in [5, 5.41) is 0. The highest BCUT2D eigenvalue weighted by Gasteiger charge is 2.27. The molecule has 0 bridgehead atoms. The van der Waals surface area contributed by atoms with Crippen molar-refractivity contribution in [3.63, 3.8) is 0 Å². The Hall–Kier alpha value is -1.16. The number of ketones is 1. The molecule has 0 aromatic carbocycles. The summed E-state index contributed by atoms with van der Waals surface area (Å²) in [4.78, 5) is 22.6. The van der Waals surface area contributed by atoms with Crippen molar-refractivity contribution in [1.82, 2.24) is 0 Å². The highest BCUT2D eigenvalue weighted by molar-refractivity contribution is 5.98. The average molecular weight is 310 g/mol. The molecule has 4 nitrogen and oxygen atoms in total. The van der Waals surface area contributed by atoms with E-state index in [1.165, 1.54) is 6.92 Å². The monoisotopic (exact) mass is 310 g/mol. The van der Waals surface area contributed by atoms with Crippen molar-refractivity contribution >= 4 is 11.8 Å². The third-order valence-corrected chi connectivity index (χ3v) is 4.12. The summed E-state index contributed by atoms with van der Waals surface area (Å²) in [6.07, 6.45) is 9.06. The van der Waals surface area contributed by atoms with Gasteiger partial charge in [0.15, 0.2) is 5.78 Å². The van der Waals surface area contributed by atoms with E-state index in [4.69, 9.17) is 9.47 Å². The second-order valence-electron chi connectivity index (χ2n) is 6.00. The lowest BCUT2D eigenvalue weighted by molar-refractivity contribution is -0.141. The van der Waals surface area contributed by atoms with Crippen LogP contribution >= 0.6 is 0 Å². The zero-order valence-corrected chi connectivity index (χ0v) is 14.2. The highest BCUT2D eigenvalue weighted by atomic mass is 16.5. The van der Waals surface area contributed by atoms with Crippen LogP contribution in [0.5, 0.6) is 0 Å². The maximum absolute atomic E-state index is 12.0. The topological polar surface area (TPSA) is 52.6 Å². The van der Waals surface area contributed by atoms with Gasteiger partial charge in [-0.05, 0) is 38.7 Å². The Morgan fingerprint density at radius 3 is 2.64 bits per heavy atom. The van der Waals surface area contributed by atoms with Crippen LogP contribution in [0.1, 0.15) is 65.7 Å². The first-order valence-electron chi connectivity index (χ1n) is 8.53. The van der Waals surface area contributed by atoms with Crippen molar-refractivity contribution in [2.75, 3.05) is 13.2 Å². The number of allylic oxidation sites excluding steroid dienone is 1. The van der Waals surface area contributed by atoms with Crippen molar-refractivity contribution in [2.24, 2.45) is 5.92 Å². The number of rotatable bonds is 11.